The van der Waals surface area contributed by atoms with Crippen molar-refractivity contribution in [2.24, 2.45) is 0 Å². The molecular formula is C15H28BNO3Si. The van der Waals surface area contributed by atoms with Crippen LogP contribution in [0, 0.1) is 0 Å². The Morgan fingerprint density at radius 2 is 1.52 bits per heavy atom. The van der Waals surface area contributed by atoms with E-state index >= 15 is 0 Å². The predicted molar refractivity (Wildman–Crippen MR) is 89.1 cm³/mol. The van der Waals surface area contributed by atoms with Crippen molar-refractivity contribution in [3.05, 3.63) is 6.20 Å². The molecule has 0 saturated carbocycles. The molecule has 0 amide bonds. The highest BCUT2D eigenvalue weighted by Gasteiger charge is 2.53. The standard InChI is InChI=1S/C15H28BNO3Si/c1-13(2,3)21(8,9)12-17-10-11(18-12)16-19-14(4,5)15(6,7)20-16/h10H,1-9H3. The van der Waals surface area contributed by atoms with Crippen molar-refractivity contribution in [2.45, 2.75) is 77.8 Å². The van der Waals surface area contributed by atoms with Crippen LogP contribution in [0.5, 0.6) is 0 Å². The predicted octanol–water partition coefficient (Wildman–Crippen LogP) is 2.69. The lowest BCUT2D eigenvalue weighted by Gasteiger charge is -2.33. The SMILES string of the molecule is CC1(C)OB(c2cnc([Si](C)(C)C(C)(C)C)o2)OC1(C)C. The zero-order chi connectivity index (χ0) is 16.3. The van der Waals surface area contributed by atoms with Crippen LogP contribution in [0.1, 0.15) is 48.5 Å². The lowest BCUT2D eigenvalue weighted by atomic mass is 9.87. The first-order valence-electron chi connectivity index (χ1n) is 7.60. The summed E-state index contributed by atoms with van der Waals surface area (Å²) in [6, 6.07) is 0. The van der Waals surface area contributed by atoms with Crippen molar-refractivity contribution >= 4 is 26.4 Å². The lowest BCUT2D eigenvalue weighted by Crippen LogP contribution is -2.50. The van der Waals surface area contributed by atoms with Gasteiger partial charge in [0.1, 0.15) is 0 Å². The van der Waals surface area contributed by atoms with Crippen LogP contribution in [-0.2, 0) is 9.31 Å². The highest BCUT2D eigenvalue weighted by atomic mass is 28.3. The number of rotatable bonds is 2. The largest absolute Gasteiger partial charge is 0.534 e. The van der Waals surface area contributed by atoms with Gasteiger partial charge in [-0.05, 0) is 32.7 Å². The molecule has 1 saturated heterocycles. The van der Waals surface area contributed by atoms with Gasteiger partial charge in [0.15, 0.2) is 19.2 Å². The quantitative estimate of drug-likeness (QED) is 0.788. The zero-order valence-corrected chi connectivity index (χ0v) is 15.8. The van der Waals surface area contributed by atoms with Crippen molar-refractivity contribution in [1.82, 2.24) is 4.98 Å². The van der Waals surface area contributed by atoms with Gasteiger partial charge < -0.3 is 13.7 Å². The van der Waals surface area contributed by atoms with E-state index in [1.807, 2.05) is 27.7 Å². The molecule has 2 rings (SSSR count). The van der Waals surface area contributed by atoms with Crippen LogP contribution < -0.4 is 11.2 Å². The normalized spacial score (nSPS) is 21.9. The van der Waals surface area contributed by atoms with Gasteiger partial charge in [-0.3, -0.25) is 0 Å². The van der Waals surface area contributed by atoms with Crippen molar-refractivity contribution < 1.29 is 13.7 Å². The number of aromatic nitrogens is 1. The molecule has 1 aromatic rings. The molecule has 0 spiro atoms. The summed E-state index contributed by atoms with van der Waals surface area (Å²) in [5, 5.41) is 0.186. The average molecular weight is 309 g/mol. The smallest absolute Gasteiger partial charge is 0.454 e. The molecule has 0 bridgehead atoms. The summed E-state index contributed by atoms with van der Waals surface area (Å²) in [5.41, 5.74) is 0.816. The first-order chi connectivity index (χ1) is 9.28. The van der Waals surface area contributed by atoms with E-state index in [-0.39, 0.29) is 16.2 Å². The molecule has 0 N–H and O–H groups in total. The Labute approximate surface area is 129 Å². The Morgan fingerprint density at radius 3 is 1.95 bits per heavy atom. The Morgan fingerprint density at radius 1 is 1.05 bits per heavy atom. The Kier molecular flexibility index (Phi) is 3.76. The summed E-state index contributed by atoms with van der Waals surface area (Å²) in [6.45, 7) is 19.5. The van der Waals surface area contributed by atoms with Gasteiger partial charge in [-0.2, -0.15) is 0 Å². The first kappa shape index (κ1) is 16.8. The van der Waals surface area contributed by atoms with E-state index < -0.39 is 15.2 Å². The van der Waals surface area contributed by atoms with E-state index in [1.54, 1.807) is 6.20 Å². The van der Waals surface area contributed by atoms with Gasteiger partial charge in [-0.25, -0.2) is 4.98 Å². The molecule has 0 radical (unpaired) electrons. The highest BCUT2D eigenvalue weighted by molar-refractivity contribution is 6.90. The van der Waals surface area contributed by atoms with Gasteiger partial charge in [-0.1, -0.05) is 33.9 Å². The number of nitrogens with zero attached hydrogens (tertiary/aromatic N) is 1. The minimum Gasteiger partial charge on any atom is -0.454 e. The lowest BCUT2D eigenvalue weighted by molar-refractivity contribution is 0.00578. The van der Waals surface area contributed by atoms with Crippen LogP contribution in [-0.4, -0.2) is 31.4 Å². The van der Waals surface area contributed by atoms with E-state index in [0.29, 0.717) is 5.66 Å². The molecule has 2 heterocycles. The Balaban J connectivity index is 2.27. The second-order valence-corrected chi connectivity index (χ2v) is 13.7. The number of hydrogen-bond acceptors (Lipinski definition) is 4. The summed E-state index contributed by atoms with van der Waals surface area (Å²) in [7, 11) is -2.24. The van der Waals surface area contributed by atoms with Crippen molar-refractivity contribution in [2.75, 3.05) is 0 Å². The maximum absolute atomic E-state index is 6.05. The van der Waals surface area contributed by atoms with Crippen LogP contribution in [0.4, 0.5) is 0 Å². The van der Waals surface area contributed by atoms with Gasteiger partial charge in [0.2, 0.25) is 0 Å². The minimum absolute atomic E-state index is 0.186. The molecule has 0 atom stereocenters. The molecular weight excluding hydrogens is 281 g/mol. The van der Waals surface area contributed by atoms with Crippen LogP contribution in [0.25, 0.3) is 0 Å². The Hall–Kier alpha value is -0.588. The van der Waals surface area contributed by atoms with E-state index in [1.165, 1.54) is 0 Å². The summed E-state index contributed by atoms with van der Waals surface area (Å²) < 4.78 is 18.1. The van der Waals surface area contributed by atoms with E-state index in [0.717, 1.165) is 5.51 Å². The number of hydrogen-bond donors (Lipinski definition) is 0. The van der Waals surface area contributed by atoms with Crippen molar-refractivity contribution in [3.8, 4) is 0 Å². The number of oxazole rings is 1. The molecule has 4 nitrogen and oxygen atoms in total. The molecule has 6 heteroatoms. The maximum atomic E-state index is 6.05. The van der Waals surface area contributed by atoms with Crippen LogP contribution in [0.15, 0.2) is 10.6 Å². The molecule has 1 fully saturated rings. The van der Waals surface area contributed by atoms with Gasteiger partial charge >= 0.3 is 7.12 Å². The van der Waals surface area contributed by atoms with Gasteiger partial charge in [0, 0.05) is 0 Å². The second kappa shape index (κ2) is 4.70. The van der Waals surface area contributed by atoms with Crippen LogP contribution in [0.3, 0.4) is 0 Å². The first-order valence-corrected chi connectivity index (χ1v) is 10.6. The fourth-order valence-corrected chi connectivity index (χ4v) is 3.37. The summed E-state index contributed by atoms with van der Waals surface area (Å²) in [6.07, 6.45) is 1.76. The average Bonchev–Trinajstić information content (AvgIpc) is 2.81. The second-order valence-electron chi connectivity index (χ2n) is 8.53. The molecule has 1 aliphatic rings. The molecule has 21 heavy (non-hydrogen) atoms. The molecule has 1 aromatic heterocycles. The summed E-state index contributed by atoms with van der Waals surface area (Å²) in [5.74, 6) is 0. The third-order valence-electron chi connectivity index (χ3n) is 5.42. The van der Waals surface area contributed by atoms with Crippen LogP contribution in [0.2, 0.25) is 18.1 Å². The van der Waals surface area contributed by atoms with Gasteiger partial charge in [-0.15, -0.1) is 0 Å². The third kappa shape index (κ3) is 2.73. The van der Waals surface area contributed by atoms with Gasteiger partial charge in [0.25, 0.3) is 0 Å². The van der Waals surface area contributed by atoms with Gasteiger partial charge in [0.05, 0.1) is 17.4 Å². The zero-order valence-electron chi connectivity index (χ0n) is 14.8. The molecule has 0 aliphatic carbocycles. The van der Waals surface area contributed by atoms with Crippen molar-refractivity contribution in [1.29, 1.82) is 0 Å². The Bertz CT molecular complexity index is 515. The molecule has 118 valence electrons. The topological polar surface area (TPSA) is 44.5 Å². The minimum atomic E-state index is -1.77. The van der Waals surface area contributed by atoms with E-state index in [4.69, 9.17) is 13.7 Å². The maximum Gasteiger partial charge on any atom is 0.534 e. The van der Waals surface area contributed by atoms with Crippen molar-refractivity contribution in [3.63, 3.8) is 0 Å². The fraction of sp³-hybridized carbons (Fsp3) is 0.800. The summed E-state index contributed by atoms with van der Waals surface area (Å²) in [4.78, 5) is 4.53. The van der Waals surface area contributed by atoms with Crippen LogP contribution >= 0.6 is 0 Å². The van der Waals surface area contributed by atoms with E-state index in [9.17, 15) is 0 Å². The molecule has 0 aromatic carbocycles. The van der Waals surface area contributed by atoms with E-state index in [2.05, 4.69) is 38.8 Å². The highest BCUT2D eigenvalue weighted by Crippen LogP contribution is 2.37. The monoisotopic (exact) mass is 309 g/mol. The summed E-state index contributed by atoms with van der Waals surface area (Å²) >= 11 is 0. The molecule has 0 unspecified atom stereocenters. The third-order valence-corrected chi connectivity index (χ3v) is 10.5. The molecule has 1 aliphatic heterocycles. The fourth-order valence-electron chi connectivity index (χ4n) is 1.96.